The largest absolute Gasteiger partial charge is 0.469 e. The number of halogens is 1. The fourth-order valence-electron chi connectivity index (χ4n) is 2.63. The van der Waals surface area contributed by atoms with Crippen LogP contribution in [-0.4, -0.2) is 34.5 Å². The number of nitrogens with zero attached hydrogens (tertiary/aromatic N) is 2. The number of aromatic nitrogens is 2. The maximum absolute atomic E-state index is 13.2. The smallest absolute Gasteiger partial charge is 0.311 e. The van der Waals surface area contributed by atoms with Crippen molar-refractivity contribution in [2.75, 3.05) is 7.11 Å². The maximum Gasteiger partial charge on any atom is 0.311 e. The minimum absolute atomic E-state index is 0.117. The summed E-state index contributed by atoms with van der Waals surface area (Å²) in [5.41, 5.74) is 2.86. The molecule has 0 radical (unpaired) electrons. The van der Waals surface area contributed by atoms with Crippen molar-refractivity contribution in [2.45, 2.75) is 13.3 Å². The van der Waals surface area contributed by atoms with Gasteiger partial charge in [0.05, 0.1) is 41.1 Å². The van der Waals surface area contributed by atoms with E-state index in [2.05, 4.69) is 20.4 Å². The molecule has 0 fully saturated rings. The molecule has 0 spiro atoms. The number of methoxy groups -OCH3 is 1. The Labute approximate surface area is 168 Å². The molecule has 150 valence electrons. The van der Waals surface area contributed by atoms with Crippen molar-refractivity contribution in [3.05, 3.63) is 74.1 Å². The minimum atomic E-state index is -0.561. The molecule has 0 bridgehead atoms. The summed E-state index contributed by atoms with van der Waals surface area (Å²) in [5.74, 6) is -1.42. The van der Waals surface area contributed by atoms with Gasteiger partial charge in [-0.05, 0) is 42.6 Å². The molecule has 2 N–H and O–H groups in total. The van der Waals surface area contributed by atoms with Gasteiger partial charge in [0.25, 0.3) is 11.5 Å². The molecule has 10 heteroatoms. The average Bonchev–Trinajstić information content (AvgIpc) is 3.35. The highest BCUT2D eigenvalue weighted by Crippen LogP contribution is 2.12. The zero-order chi connectivity index (χ0) is 21.0. The molecule has 0 unspecified atom stereocenters. The first kappa shape index (κ1) is 20.2. The Bertz CT molecular complexity index is 1110. The molecule has 2 heterocycles. The van der Waals surface area contributed by atoms with E-state index in [1.54, 1.807) is 17.5 Å². The number of H-pyrrole nitrogens is 1. The molecule has 0 aliphatic heterocycles. The number of benzene rings is 1. The van der Waals surface area contributed by atoms with E-state index in [-0.39, 0.29) is 23.4 Å². The monoisotopic (exact) mass is 416 g/mol. The quantitative estimate of drug-likeness (QED) is 0.365. The molecular formula is C19H17FN4O4S. The van der Waals surface area contributed by atoms with Crippen LogP contribution in [0.1, 0.15) is 27.9 Å². The maximum atomic E-state index is 13.2. The van der Waals surface area contributed by atoms with Crippen LogP contribution in [0.25, 0.3) is 5.69 Å². The third-order valence-corrected chi connectivity index (χ3v) is 4.90. The number of carbonyl (C=O) groups excluding carboxylic acids is 2. The van der Waals surface area contributed by atoms with E-state index in [0.29, 0.717) is 10.6 Å². The Balaban J connectivity index is 1.99. The van der Waals surface area contributed by atoms with Gasteiger partial charge in [0, 0.05) is 0 Å². The lowest BCUT2D eigenvalue weighted by Crippen LogP contribution is -2.23. The number of hydrogen-bond donors (Lipinski definition) is 2. The van der Waals surface area contributed by atoms with Gasteiger partial charge >= 0.3 is 5.97 Å². The van der Waals surface area contributed by atoms with Gasteiger partial charge < -0.3 is 4.74 Å². The molecule has 0 saturated heterocycles. The van der Waals surface area contributed by atoms with Crippen LogP contribution >= 0.6 is 11.3 Å². The zero-order valence-corrected chi connectivity index (χ0v) is 16.4. The number of esters is 1. The van der Waals surface area contributed by atoms with Crippen LogP contribution in [0.5, 0.6) is 0 Å². The Morgan fingerprint density at radius 1 is 1.28 bits per heavy atom. The van der Waals surface area contributed by atoms with E-state index in [1.807, 2.05) is 0 Å². The number of ether oxygens (including phenoxy) is 1. The van der Waals surface area contributed by atoms with Gasteiger partial charge in [-0.2, -0.15) is 5.10 Å². The van der Waals surface area contributed by atoms with E-state index < -0.39 is 23.3 Å². The van der Waals surface area contributed by atoms with Gasteiger partial charge in [-0.15, -0.1) is 11.3 Å². The predicted molar refractivity (Wildman–Crippen MR) is 106 cm³/mol. The number of aromatic amines is 1. The van der Waals surface area contributed by atoms with Crippen molar-refractivity contribution >= 4 is 28.9 Å². The first-order chi connectivity index (χ1) is 13.9. The van der Waals surface area contributed by atoms with E-state index in [9.17, 15) is 18.8 Å². The Hall–Kier alpha value is -3.53. The molecule has 8 nitrogen and oxygen atoms in total. The number of thiophene rings is 1. The summed E-state index contributed by atoms with van der Waals surface area (Å²) < 4.78 is 19.1. The van der Waals surface area contributed by atoms with Crippen molar-refractivity contribution in [3.8, 4) is 5.69 Å². The summed E-state index contributed by atoms with van der Waals surface area (Å²) in [5, 5.41) is 8.60. The van der Waals surface area contributed by atoms with Crippen LogP contribution in [0.15, 0.2) is 51.7 Å². The highest BCUT2D eigenvalue weighted by atomic mass is 32.1. The molecule has 3 aromatic rings. The number of hydrogen-bond acceptors (Lipinski definition) is 6. The van der Waals surface area contributed by atoms with Gasteiger partial charge in [0.15, 0.2) is 0 Å². The number of amides is 1. The molecule has 0 aliphatic rings. The zero-order valence-electron chi connectivity index (χ0n) is 15.6. The number of carbonyl (C=O) groups is 2. The van der Waals surface area contributed by atoms with Crippen molar-refractivity contribution in [3.63, 3.8) is 0 Å². The Morgan fingerprint density at radius 3 is 2.62 bits per heavy atom. The van der Waals surface area contributed by atoms with Crippen LogP contribution in [0, 0.1) is 5.82 Å². The molecule has 1 amide bonds. The Kier molecular flexibility index (Phi) is 6.03. The second-order valence-electron chi connectivity index (χ2n) is 5.95. The standard InChI is InChI=1S/C19H17FN4O4S/c1-11(21-22-18(26)15-4-3-9-29-15)17-14(10-16(25)28-2)23-24(19(17)27)13-7-5-12(20)6-8-13/h3-9,23H,10H2,1-2H3,(H,22,26)/b21-11+. The summed E-state index contributed by atoms with van der Waals surface area (Å²) in [7, 11) is 1.24. The fourth-order valence-corrected chi connectivity index (χ4v) is 3.24. The molecule has 0 saturated carbocycles. The van der Waals surface area contributed by atoms with Crippen LogP contribution < -0.4 is 11.0 Å². The average molecular weight is 416 g/mol. The first-order valence-corrected chi connectivity index (χ1v) is 9.34. The van der Waals surface area contributed by atoms with Crippen molar-refractivity contribution in [1.29, 1.82) is 0 Å². The van der Waals surface area contributed by atoms with E-state index in [1.165, 1.54) is 54.3 Å². The lowest BCUT2D eigenvalue weighted by atomic mass is 10.1. The summed E-state index contributed by atoms with van der Waals surface area (Å²) in [6.45, 7) is 1.54. The second-order valence-corrected chi connectivity index (χ2v) is 6.90. The molecule has 0 atom stereocenters. The van der Waals surface area contributed by atoms with Gasteiger partial charge in [0.2, 0.25) is 0 Å². The number of hydrazone groups is 1. The summed E-state index contributed by atoms with van der Waals surface area (Å²) >= 11 is 1.25. The lowest BCUT2D eigenvalue weighted by molar-refractivity contribution is -0.139. The Morgan fingerprint density at radius 2 is 2.00 bits per heavy atom. The second kappa shape index (κ2) is 8.65. The van der Waals surface area contributed by atoms with Crippen LogP contribution in [0.2, 0.25) is 0 Å². The van der Waals surface area contributed by atoms with Gasteiger partial charge in [-0.1, -0.05) is 6.07 Å². The lowest BCUT2D eigenvalue weighted by Gasteiger charge is -2.02. The fraction of sp³-hybridized carbons (Fsp3) is 0.158. The van der Waals surface area contributed by atoms with E-state index in [4.69, 9.17) is 0 Å². The number of rotatable bonds is 6. The van der Waals surface area contributed by atoms with Crippen molar-refractivity contribution in [2.24, 2.45) is 5.10 Å². The molecule has 2 aromatic heterocycles. The molecule has 29 heavy (non-hydrogen) atoms. The topological polar surface area (TPSA) is 106 Å². The summed E-state index contributed by atoms with van der Waals surface area (Å²) in [4.78, 5) is 37.3. The third-order valence-electron chi connectivity index (χ3n) is 4.03. The van der Waals surface area contributed by atoms with Gasteiger partial charge in [0.1, 0.15) is 5.82 Å². The molecule has 0 aliphatic carbocycles. The molecule has 3 rings (SSSR count). The normalized spacial score (nSPS) is 11.3. The molecule has 1 aromatic carbocycles. The van der Waals surface area contributed by atoms with Crippen LogP contribution in [-0.2, 0) is 16.0 Å². The summed E-state index contributed by atoms with van der Waals surface area (Å²) in [6.07, 6.45) is -0.207. The highest BCUT2D eigenvalue weighted by Gasteiger charge is 2.21. The van der Waals surface area contributed by atoms with Gasteiger partial charge in [-0.3, -0.25) is 19.5 Å². The van der Waals surface area contributed by atoms with Gasteiger partial charge in [-0.25, -0.2) is 14.5 Å². The molecular weight excluding hydrogens is 399 g/mol. The van der Waals surface area contributed by atoms with E-state index >= 15 is 0 Å². The predicted octanol–water partition coefficient (Wildman–Crippen LogP) is 2.24. The minimum Gasteiger partial charge on any atom is -0.469 e. The van der Waals surface area contributed by atoms with Crippen LogP contribution in [0.4, 0.5) is 4.39 Å². The highest BCUT2D eigenvalue weighted by molar-refractivity contribution is 7.12. The SMILES string of the molecule is COC(=O)Cc1[nH]n(-c2ccc(F)cc2)c(=O)c1/C(C)=N/NC(=O)c1cccs1. The van der Waals surface area contributed by atoms with Crippen molar-refractivity contribution in [1.82, 2.24) is 15.2 Å². The van der Waals surface area contributed by atoms with Crippen LogP contribution in [0.3, 0.4) is 0 Å². The number of nitrogens with one attached hydrogen (secondary N) is 2. The summed E-state index contributed by atoms with van der Waals surface area (Å²) in [6, 6.07) is 8.65. The third kappa shape index (κ3) is 4.49. The first-order valence-electron chi connectivity index (χ1n) is 8.46. The van der Waals surface area contributed by atoms with Crippen molar-refractivity contribution < 1.29 is 18.7 Å². The van der Waals surface area contributed by atoms with E-state index in [0.717, 1.165) is 0 Å².